The van der Waals surface area contributed by atoms with Gasteiger partial charge in [0.15, 0.2) is 0 Å². The Bertz CT molecular complexity index is 445. The second-order valence-electron chi connectivity index (χ2n) is 4.93. The van der Waals surface area contributed by atoms with Crippen molar-refractivity contribution in [2.75, 3.05) is 5.32 Å². The number of amides is 1. The van der Waals surface area contributed by atoms with E-state index in [0.29, 0.717) is 21.7 Å². The summed E-state index contributed by atoms with van der Waals surface area (Å²) in [5.41, 5.74) is 0.402. The Hall–Kier alpha value is -0.930. The first kappa shape index (κ1) is 14.5. The van der Waals surface area contributed by atoms with Gasteiger partial charge in [0.2, 0.25) is 0 Å². The van der Waals surface area contributed by atoms with E-state index >= 15 is 0 Å². The van der Waals surface area contributed by atoms with E-state index in [-0.39, 0.29) is 6.10 Å². The van der Waals surface area contributed by atoms with Crippen LogP contribution in [-0.2, 0) is 4.74 Å². The van der Waals surface area contributed by atoms with Crippen molar-refractivity contribution in [2.24, 2.45) is 5.92 Å². The molecule has 5 heteroatoms. The third-order valence-electron chi connectivity index (χ3n) is 3.48. The summed E-state index contributed by atoms with van der Waals surface area (Å²) in [5, 5.41) is 3.43. The van der Waals surface area contributed by atoms with Crippen molar-refractivity contribution in [3.8, 4) is 0 Å². The molecule has 0 saturated heterocycles. The molecule has 0 radical (unpaired) electrons. The first-order valence-electron chi connectivity index (χ1n) is 6.49. The van der Waals surface area contributed by atoms with Crippen LogP contribution in [0.1, 0.15) is 32.6 Å². The minimum absolute atomic E-state index is 0.0185. The summed E-state index contributed by atoms with van der Waals surface area (Å²) in [7, 11) is 0. The van der Waals surface area contributed by atoms with E-state index in [1.54, 1.807) is 18.2 Å². The number of para-hydroxylation sites is 1. The highest BCUT2D eigenvalue weighted by atomic mass is 35.5. The van der Waals surface area contributed by atoms with Crippen LogP contribution in [0.4, 0.5) is 10.5 Å². The highest BCUT2D eigenvalue weighted by molar-refractivity contribution is 6.39. The minimum Gasteiger partial charge on any atom is -0.446 e. The Kier molecular flexibility index (Phi) is 4.94. The zero-order chi connectivity index (χ0) is 13.8. The number of hydrogen-bond donors (Lipinski definition) is 1. The number of rotatable bonds is 2. The molecular formula is C14H17Cl2NO2. The molecule has 104 valence electrons. The van der Waals surface area contributed by atoms with Gasteiger partial charge >= 0.3 is 6.09 Å². The van der Waals surface area contributed by atoms with Gasteiger partial charge in [0, 0.05) is 0 Å². The minimum atomic E-state index is -0.492. The van der Waals surface area contributed by atoms with Crippen LogP contribution in [-0.4, -0.2) is 12.2 Å². The lowest BCUT2D eigenvalue weighted by Gasteiger charge is -2.28. The van der Waals surface area contributed by atoms with Gasteiger partial charge in [-0.3, -0.25) is 5.32 Å². The molecule has 2 rings (SSSR count). The molecule has 3 nitrogen and oxygen atoms in total. The molecule has 1 aliphatic rings. The van der Waals surface area contributed by atoms with Crippen molar-refractivity contribution < 1.29 is 9.53 Å². The maximum atomic E-state index is 11.9. The predicted molar refractivity (Wildman–Crippen MR) is 78.0 cm³/mol. The molecular weight excluding hydrogens is 285 g/mol. The molecule has 19 heavy (non-hydrogen) atoms. The van der Waals surface area contributed by atoms with E-state index in [1.807, 2.05) is 0 Å². The highest BCUT2D eigenvalue weighted by Gasteiger charge is 2.25. The van der Waals surface area contributed by atoms with Gasteiger partial charge in [0.05, 0.1) is 15.7 Å². The number of hydrogen-bond acceptors (Lipinski definition) is 2. The van der Waals surface area contributed by atoms with E-state index in [9.17, 15) is 4.79 Å². The number of anilines is 1. The molecule has 1 fully saturated rings. The van der Waals surface area contributed by atoms with Crippen molar-refractivity contribution in [3.63, 3.8) is 0 Å². The van der Waals surface area contributed by atoms with E-state index in [0.717, 1.165) is 19.3 Å². The summed E-state index contributed by atoms with van der Waals surface area (Å²) in [4.78, 5) is 11.9. The molecule has 0 bridgehead atoms. The smallest absolute Gasteiger partial charge is 0.411 e. The van der Waals surface area contributed by atoms with Crippen LogP contribution in [0.3, 0.4) is 0 Å². The average Bonchev–Trinajstić information content (AvgIpc) is 2.37. The van der Waals surface area contributed by atoms with E-state index in [2.05, 4.69) is 12.2 Å². The van der Waals surface area contributed by atoms with Gasteiger partial charge in [-0.25, -0.2) is 4.79 Å². The molecule has 0 unspecified atom stereocenters. The van der Waals surface area contributed by atoms with Gasteiger partial charge in [-0.2, -0.15) is 0 Å². The molecule has 2 atom stereocenters. The van der Waals surface area contributed by atoms with Gasteiger partial charge in [-0.05, 0) is 37.3 Å². The fourth-order valence-electron chi connectivity index (χ4n) is 2.34. The van der Waals surface area contributed by atoms with Crippen LogP contribution >= 0.6 is 23.2 Å². The first-order chi connectivity index (χ1) is 9.08. The van der Waals surface area contributed by atoms with Gasteiger partial charge in [0.25, 0.3) is 0 Å². The van der Waals surface area contributed by atoms with Gasteiger partial charge < -0.3 is 4.74 Å². The normalized spacial score (nSPS) is 22.9. The summed E-state index contributed by atoms with van der Waals surface area (Å²) in [6.45, 7) is 2.11. The van der Waals surface area contributed by atoms with Crippen molar-refractivity contribution in [3.05, 3.63) is 28.2 Å². The molecule has 1 N–H and O–H groups in total. The van der Waals surface area contributed by atoms with Crippen molar-refractivity contribution >= 4 is 35.0 Å². The zero-order valence-electron chi connectivity index (χ0n) is 10.8. The molecule has 0 aliphatic heterocycles. The summed E-state index contributed by atoms with van der Waals surface area (Å²) in [6.07, 6.45) is 3.83. The summed E-state index contributed by atoms with van der Waals surface area (Å²) in [6, 6.07) is 5.07. The third-order valence-corrected chi connectivity index (χ3v) is 4.11. The molecule has 1 aromatic rings. The fourth-order valence-corrected chi connectivity index (χ4v) is 2.84. The van der Waals surface area contributed by atoms with Crippen LogP contribution in [0, 0.1) is 5.92 Å². The van der Waals surface area contributed by atoms with Crippen molar-refractivity contribution in [1.82, 2.24) is 0 Å². The van der Waals surface area contributed by atoms with Gasteiger partial charge in [-0.15, -0.1) is 0 Å². The average molecular weight is 302 g/mol. The Balaban J connectivity index is 1.97. The molecule has 1 aliphatic carbocycles. The van der Waals surface area contributed by atoms with Gasteiger partial charge in [-0.1, -0.05) is 42.6 Å². The number of carbonyl (C=O) groups excluding carboxylic acids is 1. The quantitative estimate of drug-likeness (QED) is 0.823. The summed E-state index contributed by atoms with van der Waals surface area (Å²) < 4.78 is 5.45. The first-order valence-corrected chi connectivity index (χ1v) is 7.25. The van der Waals surface area contributed by atoms with Crippen LogP contribution in [0.2, 0.25) is 10.0 Å². The molecule has 1 amide bonds. The number of nitrogens with one attached hydrogen (secondary N) is 1. The van der Waals surface area contributed by atoms with E-state index in [4.69, 9.17) is 27.9 Å². The maximum absolute atomic E-state index is 11.9. The number of ether oxygens (including phenoxy) is 1. The number of benzene rings is 1. The van der Waals surface area contributed by atoms with Crippen LogP contribution in [0.5, 0.6) is 0 Å². The van der Waals surface area contributed by atoms with Crippen molar-refractivity contribution in [1.29, 1.82) is 0 Å². The molecule has 1 saturated carbocycles. The SMILES string of the molecule is C[C@H]1CCCC[C@H]1OC(=O)Nc1c(Cl)cccc1Cl. The predicted octanol–water partition coefficient (Wildman–Crippen LogP) is 5.12. The maximum Gasteiger partial charge on any atom is 0.411 e. The second kappa shape index (κ2) is 6.49. The van der Waals surface area contributed by atoms with Crippen LogP contribution in [0.15, 0.2) is 18.2 Å². The lowest BCUT2D eigenvalue weighted by Crippen LogP contribution is -2.30. The highest BCUT2D eigenvalue weighted by Crippen LogP contribution is 2.31. The Morgan fingerprint density at radius 1 is 1.26 bits per heavy atom. The molecule has 0 spiro atoms. The van der Waals surface area contributed by atoms with Crippen molar-refractivity contribution in [2.45, 2.75) is 38.7 Å². The Labute approximate surface area is 123 Å². The fraction of sp³-hybridized carbons (Fsp3) is 0.500. The Morgan fingerprint density at radius 3 is 2.53 bits per heavy atom. The van der Waals surface area contributed by atoms with E-state index in [1.165, 1.54) is 6.42 Å². The zero-order valence-corrected chi connectivity index (χ0v) is 12.3. The van der Waals surface area contributed by atoms with Crippen LogP contribution < -0.4 is 5.32 Å². The molecule has 0 heterocycles. The standard InChI is InChI=1S/C14H17Cl2NO2/c1-9-5-2-3-8-12(9)19-14(18)17-13-10(15)6-4-7-11(13)16/h4,6-7,9,12H,2-3,5,8H2,1H3,(H,17,18)/t9-,12+/m0/s1. The number of halogens is 2. The molecule has 1 aromatic carbocycles. The largest absolute Gasteiger partial charge is 0.446 e. The monoisotopic (exact) mass is 301 g/mol. The lowest BCUT2D eigenvalue weighted by molar-refractivity contribution is 0.0524. The summed E-state index contributed by atoms with van der Waals surface area (Å²) >= 11 is 12.0. The van der Waals surface area contributed by atoms with E-state index < -0.39 is 6.09 Å². The second-order valence-corrected chi connectivity index (χ2v) is 5.74. The lowest BCUT2D eigenvalue weighted by atomic mass is 9.88. The third kappa shape index (κ3) is 3.77. The summed E-state index contributed by atoms with van der Waals surface area (Å²) in [5.74, 6) is 0.404. The Morgan fingerprint density at radius 2 is 1.89 bits per heavy atom. The molecule has 0 aromatic heterocycles. The van der Waals surface area contributed by atoms with Gasteiger partial charge in [0.1, 0.15) is 6.10 Å². The topological polar surface area (TPSA) is 38.3 Å². The number of carbonyl (C=O) groups is 1. The van der Waals surface area contributed by atoms with Crippen LogP contribution in [0.25, 0.3) is 0 Å².